The summed E-state index contributed by atoms with van der Waals surface area (Å²) in [5.74, 6) is 0. The molecule has 1 N–H and O–H groups in total. The van der Waals surface area contributed by atoms with E-state index in [0.29, 0.717) is 6.04 Å². The standard InChI is InChI=1S/C16H22N2S/c1-11-7-5-6-8-15(11)9-10-17-12(2)16-13(3)18-14(4)19-16/h5-8,12,17H,9-10H2,1-4H3. The summed E-state index contributed by atoms with van der Waals surface area (Å²) in [7, 11) is 0. The van der Waals surface area contributed by atoms with Crippen LogP contribution in [-0.4, -0.2) is 11.5 Å². The summed E-state index contributed by atoms with van der Waals surface area (Å²) in [5, 5.41) is 4.75. The molecule has 0 spiro atoms. The van der Waals surface area contributed by atoms with Gasteiger partial charge in [-0.05, 0) is 51.8 Å². The molecule has 0 saturated carbocycles. The summed E-state index contributed by atoms with van der Waals surface area (Å²) in [5.41, 5.74) is 3.97. The minimum absolute atomic E-state index is 0.384. The molecule has 2 rings (SSSR count). The van der Waals surface area contributed by atoms with Crippen molar-refractivity contribution in [2.24, 2.45) is 0 Å². The number of aromatic nitrogens is 1. The van der Waals surface area contributed by atoms with Gasteiger partial charge in [-0.1, -0.05) is 24.3 Å². The first-order valence-electron chi connectivity index (χ1n) is 6.79. The maximum absolute atomic E-state index is 4.49. The number of rotatable bonds is 5. The second kappa shape index (κ2) is 6.31. The number of benzene rings is 1. The smallest absolute Gasteiger partial charge is 0.0900 e. The normalized spacial score (nSPS) is 12.6. The Morgan fingerprint density at radius 1 is 1.21 bits per heavy atom. The second-order valence-corrected chi connectivity index (χ2v) is 6.27. The molecule has 0 aliphatic rings. The molecule has 0 aliphatic carbocycles. The molecule has 1 unspecified atom stereocenters. The molecule has 102 valence electrons. The van der Waals surface area contributed by atoms with Gasteiger partial charge in [0.25, 0.3) is 0 Å². The lowest BCUT2D eigenvalue weighted by molar-refractivity contribution is 0.581. The molecule has 0 aliphatic heterocycles. The fourth-order valence-electron chi connectivity index (χ4n) is 2.36. The van der Waals surface area contributed by atoms with Gasteiger partial charge in [-0.25, -0.2) is 4.98 Å². The van der Waals surface area contributed by atoms with Crippen molar-refractivity contribution < 1.29 is 0 Å². The first kappa shape index (κ1) is 14.2. The van der Waals surface area contributed by atoms with E-state index in [1.807, 2.05) is 0 Å². The topological polar surface area (TPSA) is 24.9 Å². The van der Waals surface area contributed by atoms with E-state index in [1.54, 1.807) is 11.3 Å². The highest BCUT2D eigenvalue weighted by Crippen LogP contribution is 2.24. The molecule has 1 atom stereocenters. The van der Waals surface area contributed by atoms with Gasteiger partial charge in [0.1, 0.15) is 0 Å². The van der Waals surface area contributed by atoms with Gasteiger partial charge in [-0.15, -0.1) is 11.3 Å². The predicted octanol–water partition coefficient (Wildman–Crippen LogP) is 3.96. The average molecular weight is 274 g/mol. The van der Waals surface area contributed by atoms with Gasteiger partial charge < -0.3 is 5.32 Å². The van der Waals surface area contributed by atoms with E-state index in [1.165, 1.54) is 21.7 Å². The molecule has 2 nitrogen and oxygen atoms in total. The molecule has 1 aromatic carbocycles. The van der Waals surface area contributed by atoms with Crippen molar-refractivity contribution in [1.82, 2.24) is 10.3 Å². The molecule has 0 saturated heterocycles. The Balaban J connectivity index is 1.89. The highest BCUT2D eigenvalue weighted by atomic mass is 32.1. The zero-order chi connectivity index (χ0) is 13.8. The first-order chi connectivity index (χ1) is 9.08. The van der Waals surface area contributed by atoms with Crippen molar-refractivity contribution in [3.63, 3.8) is 0 Å². The Kier molecular flexibility index (Phi) is 4.72. The zero-order valence-electron chi connectivity index (χ0n) is 12.2. The Morgan fingerprint density at radius 3 is 2.58 bits per heavy atom. The van der Waals surface area contributed by atoms with Crippen LogP contribution in [0.25, 0.3) is 0 Å². The van der Waals surface area contributed by atoms with Crippen LogP contribution in [0.15, 0.2) is 24.3 Å². The maximum atomic E-state index is 4.49. The van der Waals surface area contributed by atoms with E-state index >= 15 is 0 Å². The van der Waals surface area contributed by atoms with E-state index in [-0.39, 0.29) is 0 Å². The largest absolute Gasteiger partial charge is 0.309 e. The van der Waals surface area contributed by atoms with Crippen LogP contribution in [-0.2, 0) is 6.42 Å². The fraction of sp³-hybridized carbons (Fsp3) is 0.438. The Hall–Kier alpha value is -1.19. The number of aryl methyl sites for hydroxylation is 3. The molecular weight excluding hydrogens is 252 g/mol. The number of hydrogen-bond acceptors (Lipinski definition) is 3. The van der Waals surface area contributed by atoms with Gasteiger partial charge in [-0.3, -0.25) is 0 Å². The molecule has 0 fully saturated rings. The SMILES string of the molecule is Cc1nc(C)c(C(C)NCCc2ccccc2C)s1. The van der Waals surface area contributed by atoms with Crippen molar-refractivity contribution in [2.45, 2.75) is 40.2 Å². The molecule has 2 aromatic rings. The molecule has 1 aromatic heterocycles. The van der Waals surface area contributed by atoms with Crippen LogP contribution in [0.5, 0.6) is 0 Å². The summed E-state index contributed by atoms with van der Waals surface area (Å²) >= 11 is 1.80. The molecule has 0 radical (unpaired) electrons. The van der Waals surface area contributed by atoms with Gasteiger partial charge in [0, 0.05) is 10.9 Å². The Bertz CT molecular complexity index is 545. The minimum atomic E-state index is 0.384. The monoisotopic (exact) mass is 274 g/mol. The first-order valence-corrected chi connectivity index (χ1v) is 7.61. The van der Waals surface area contributed by atoms with E-state index in [0.717, 1.165) is 18.0 Å². The van der Waals surface area contributed by atoms with Crippen LogP contribution in [0.3, 0.4) is 0 Å². The van der Waals surface area contributed by atoms with Gasteiger partial charge in [0.15, 0.2) is 0 Å². The highest BCUT2D eigenvalue weighted by molar-refractivity contribution is 7.11. The van der Waals surface area contributed by atoms with Crippen molar-refractivity contribution in [2.75, 3.05) is 6.54 Å². The number of nitrogens with zero attached hydrogens (tertiary/aromatic N) is 1. The van der Waals surface area contributed by atoms with E-state index in [4.69, 9.17) is 0 Å². The quantitative estimate of drug-likeness (QED) is 0.892. The van der Waals surface area contributed by atoms with Crippen molar-refractivity contribution in [3.8, 4) is 0 Å². The summed E-state index contributed by atoms with van der Waals surface area (Å²) in [6.07, 6.45) is 1.08. The molecule has 0 amide bonds. The summed E-state index contributed by atoms with van der Waals surface area (Å²) in [6.45, 7) is 9.56. The molecule has 3 heteroatoms. The zero-order valence-corrected chi connectivity index (χ0v) is 13.0. The molecular formula is C16H22N2S. The van der Waals surface area contributed by atoms with Crippen molar-refractivity contribution in [3.05, 3.63) is 51.0 Å². The number of nitrogens with one attached hydrogen (secondary N) is 1. The van der Waals surface area contributed by atoms with Crippen molar-refractivity contribution >= 4 is 11.3 Å². The van der Waals surface area contributed by atoms with E-state index in [9.17, 15) is 0 Å². The van der Waals surface area contributed by atoms with Gasteiger partial charge in [0.05, 0.1) is 10.7 Å². The third-order valence-corrected chi connectivity index (χ3v) is 4.69. The van der Waals surface area contributed by atoms with Crippen LogP contribution in [0, 0.1) is 20.8 Å². The third-order valence-electron chi connectivity index (χ3n) is 3.44. The molecule has 0 bridgehead atoms. The van der Waals surface area contributed by atoms with E-state index < -0.39 is 0 Å². The highest BCUT2D eigenvalue weighted by Gasteiger charge is 2.12. The van der Waals surface area contributed by atoms with Crippen molar-refractivity contribution in [1.29, 1.82) is 0 Å². The lowest BCUT2D eigenvalue weighted by atomic mass is 10.1. The maximum Gasteiger partial charge on any atom is 0.0900 e. The minimum Gasteiger partial charge on any atom is -0.309 e. The second-order valence-electron chi connectivity index (χ2n) is 5.03. The lowest BCUT2D eigenvalue weighted by Gasteiger charge is -2.13. The fourth-order valence-corrected chi connectivity index (χ4v) is 3.31. The van der Waals surface area contributed by atoms with E-state index in [2.05, 4.69) is 62.3 Å². The number of thiazole rings is 1. The molecule has 1 heterocycles. The van der Waals surface area contributed by atoms with Crippen LogP contribution < -0.4 is 5.32 Å². The Labute approximate surface area is 119 Å². The predicted molar refractivity (Wildman–Crippen MR) is 82.9 cm³/mol. The molecule has 19 heavy (non-hydrogen) atoms. The Morgan fingerprint density at radius 2 is 1.95 bits per heavy atom. The third kappa shape index (κ3) is 3.64. The van der Waals surface area contributed by atoms with Crippen LogP contribution >= 0.6 is 11.3 Å². The lowest BCUT2D eigenvalue weighted by Crippen LogP contribution is -2.21. The summed E-state index contributed by atoms with van der Waals surface area (Å²) in [6, 6.07) is 8.98. The van der Waals surface area contributed by atoms with Crippen LogP contribution in [0.2, 0.25) is 0 Å². The average Bonchev–Trinajstić information content (AvgIpc) is 2.71. The van der Waals surface area contributed by atoms with Gasteiger partial charge >= 0.3 is 0 Å². The van der Waals surface area contributed by atoms with Gasteiger partial charge in [0.2, 0.25) is 0 Å². The summed E-state index contributed by atoms with van der Waals surface area (Å²) < 4.78 is 0. The number of hydrogen-bond donors (Lipinski definition) is 1. The summed E-state index contributed by atoms with van der Waals surface area (Å²) in [4.78, 5) is 5.85. The van der Waals surface area contributed by atoms with Gasteiger partial charge in [-0.2, -0.15) is 0 Å². The van der Waals surface area contributed by atoms with Crippen LogP contribution in [0.1, 0.15) is 39.7 Å². The van der Waals surface area contributed by atoms with Crippen LogP contribution in [0.4, 0.5) is 0 Å².